The van der Waals surface area contributed by atoms with Crippen LogP contribution in [-0.4, -0.2) is 43.6 Å². The van der Waals surface area contributed by atoms with Crippen molar-refractivity contribution in [2.75, 3.05) is 26.8 Å². The van der Waals surface area contributed by atoms with E-state index >= 15 is 0 Å². The van der Waals surface area contributed by atoms with Gasteiger partial charge in [-0.25, -0.2) is 4.79 Å². The van der Waals surface area contributed by atoms with Gasteiger partial charge in [-0.2, -0.15) is 0 Å². The van der Waals surface area contributed by atoms with Gasteiger partial charge in [0.05, 0.1) is 19.3 Å². The van der Waals surface area contributed by atoms with Crippen LogP contribution in [0, 0.1) is 0 Å². The van der Waals surface area contributed by atoms with Gasteiger partial charge in [-0.3, -0.25) is 9.69 Å². The summed E-state index contributed by atoms with van der Waals surface area (Å²) in [6.45, 7) is 5.07. The van der Waals surface area contributed by atoms with Crippen molar-refractivity contribution >= 4 is 23.5 Å². The number of hydrogen-bond acceptors (Lipinski definition) is 6. The number of methoxy groups -OCH3 is 1. The number of halogens is 1. The van der Waals surface area contributed by atoms with Gasteiger partial charge in [0.2, 0.25) is 0 Å². The fourth-order valence-corrected chi connectivity index (χ4v) is 5.17. The first-order valence-electron chi connectivity index (χ1n) is 15.1. The normalized spacial score (nSPS) is 10.9. The van der Waals surface area contributed by atoms with Crippen LogP contribution in [0.5, 0.6) is 5.75 Å². The molecular weight excluding hydrogens is 574 g/mol. The molecule has 0 radical (unpaired) electrons. The lowest BCUT2D eigenvalue weighted by molar-refractivity contribution is -0.143. The molecule has 44 heavy (non-hydrogen) atoms. The number of rotatable bonds is 16. The van der Waals surface area contributed by atoms with E-state index in [0.717, 1.165) is 77.5 Å². The van der Waals surface area contributed by atoms with E-state index in [1.54, 1.807) is 12.1 Å². The highest BCUT2D eigenvalue weighted by atomic mass is 35.5. The van der Waals surface area contributed by atoms with Gasteiger partial charge in [0, 0.05) is 24.5 Å². The Morgan fingerprint density at radius 2 is 1.55 bits per heavy atom. The van der Waals surface area contributed by atoms with E-state index in [4.69, 9.17) is 25.8 Å². The van der Waals surface area contributed by atoms with Crippen molar-refractivity contribution in [2.24, 2.45) is 0 Å². The molecule has 0 heterocycles. The molecule has 0 N–H and O–H groups in total. The molecule has 230 valence electrons. The monoisotopic (exact) mass is 613 g/mol. The lowest BCUT2D eigenvalue weighted by Crippen LogP contribution is -2.27. The van der Waals surface area contributed by atoms with Gasteiger partial charge in [-0.15, -0.1) is 0 Å². The number of hydrogen-bond donors (Lipinski definition) is 0. The van der Waals surface area contributed by atoms with Crippen LogP contribution in [0.1, 0.15) is 53.2 Å². The summed E-state index contributed by atoms with van der Waals surface area (Å²) in [4.78, 5) is 26.0. The van der Waals surface area contributed by atoms with Gasteiger partial charge in [0.25, 0.3) is 0 Å². The summed E-state index contributed by atoms with van der Waals surface area (Å²) in [6.07, 6.45) is 2.88. The smallest absolute Gasteiger partial charge is 0.337 e. The first-order valence-corrected chi connectivity index (χ1v) is 15.4. The van der Waals surface area contributed by atoms with Gasteiger partial charge in [-0.05, 0) is 90.9 Å². The maximum absolute atomic E-state index is 11.9. The molecule has 7 heteroatoms. The summed E-state index contributed by atoms with van der Waals surface area (Å²) in [6, 6.07) is 31.9. The Bertz CT molecular complexity index is 1490. The van der Waals surface area contributed by atoms with Crippen LogP contribution < -0.4 is 4.74 Å². The summed E-state index contributed by atoms with van der Waals surface area (Å²) >= 11 is 6.16. The van der Waals surface area contributed by atoms with Crippen LogP contribution in [0.15, 0.2) is 97.1 Å². The Morgan fingerprint density at radius 3 is 2.27 bits per heavy atom. The van der Waals surface area contributed by atoms with Crippen molar-refractivity contribution in [3.8, 4) is 16.9 Å². The summed E-state index contributed by atoms with van der Waals surface area (Å²) in [5, 5.41) is 0.721. The number of carbonyl (C=O) groups is 2. The van der Waals surface area contributed by atoms with Crippen LogP contribution in [0.2, 0.25) is 5.02 Å². The van der Waals surface area contributed by atoms with Crippen molar-refractivity contribution in [2.45, 2.75) is 45.8 Å². The molecule has 0 aliphatic carbocycles. The largest absolute Gasteiger partial charge is 0.489 e. The molecule has 0 amide bonds. The molecule has 0 bridgehead atoms. The molecule has 0 saturated carbocycles. The Balaban J connectivity index is 1.37. The highest BCUT2D eigenvalue weighted by molar-refractivity contribution is 6.30. The molecule has 0 saturated heterocycles. The maximum Gasteiger partial charge on any atom is 0.337 e. The van der Waals surface area contributed by atoms with E-state index in [1.165, 1.54) is 7.11 Å². The molecule has 0 fully saturated rings. The molecule has 4 aromatic carbocycles. The van der Waals surface area contributed by atoms with Gasteiger partial charge < -0.3 is 14.2 Å². The Morgan fingerprint density at radius 1 is 0.795 bits per heavy atom. The first kappa shape index (κ1) is 32.8. The molecule has 4 aromatic rings. The third-order valence-electron chi connectivity index (χ3n) is 7.37. The van der Waals surface area contributed by atoms with Crippen LogP contribution >= 0.6 is 11.6 Å². The van der Waals surface area contributed by atoms with Gasteiger partial charge in [0.15, 0.2) is 0 Å². The number of esters is 2. The van der Waals surface area contributed by atoms with E-state index in [2.05, 4.69) is 41.3 Å². The van der Waals surface area contributed by atoms with Crippen molar-refractivity contribution in [1.82, 2.24) is 4.90 Å². The summed E-state index contributed by atoms with van der Waals surface area (Å²) in [5.41, 5.74) is 6.06. The number of ether oxygens (including phenoxy) is 3. The van der Waals surface area contributed by atoms with Crippen LogP contribution in [-0.2, 0) is 33.8 Å². The molecule has 0 unspecified atom stereocenters. The van der Waals surface area contributed by atoms with E-state index in [0.29, 0.717) is 25.2 Å². The van der Waals surface area contributed by atoms with Crippen LogP contribution in [0.3, 0.4) is 0 Å². The first-order chi connectivity index (χ1) is 21.4. The summed E-state index contributed by atoms with van der Waals surface area (Å²) in [7, 11) is 1.38. The lowest BCUT2D eigenvalue weighted by Gasteiger charge is -2.23. The van der Waals surface area contributed by atoms with Crippen LogP contribution in [0.25, 0.3) is 11.1 Å². The zero-order chi connectivity index (χ0) is 31.1. The predicted octanol–water partition coefficient (Wildman–Crippen LogP) is 8.15. The highest BCUT2D eigenvalue weighted by Crippen LogP contribution is 2.25. The average Bonchev–Trinajstić information content (AvgIpc) is 3.05. The lowest BCUT2D eigenvalue weighted by atomic mass is 10.0. The second kappa shape index (κ2) is 17.2. The standard InChI is InChI=1S/C37H40ClNO5/c1-3-43-36(40)13-6-7-23-39(26-28-14-20-32(21-15-28)37(41)42-2)24-22-31-9-4-5-12-35(31)44-27-29-16-18-30(19-17-29)33-10-8-11-34(38)25-33/h4-5,8-12,14-21,25H,3,6-7,13,22-24,26-27H2,1-2H3. The van der Waals surface area contributed by atoms with E-state index < -0.39 is 0 Å². The molecular formula is C37H40ClNO5. The molecule has 4 rings (SSSR count). The van der Waals surface area contributed by atoms with Crippen molar-refractivity contribution < 1.29 is 23.8 Å². The Kier molecular flexibility index (Phi) is 12.8. The molecule has 0 aromatic heterocycles. The maximum atomic E-state index is 11.9. The van der Waals surface area contributed by atoms with E-state index in [1.807, 2.05) is 55.5 Å². The summed E-state index contributed by atoms with van der Waals surface area (Å²) < 4.78 is 16.2. The second-order valence-electron chi connectivity index (χ2n) is 10.6. The fraction of sp³-hybridized carbons (Fsp3) is 0.297. The molecule has 0 aliphatic heterocycles. The average molecular weight is 614 g/mol. The highest BCUT2D eigenvalue weighted by Gasteiger charge is 2.12. The SMILES string of the molecule is CCOC(=O)CCCCN(CCc1ccccc1OCc1ccc(-c2cccc(Cl)c2)cc1)Cc1ccc(C(=O)OC)cc1. The summed E-state index contributed by atoms with van der Waals surface area (Å²) in [5.74, 6) is 0.375. The zero-order valence-electron chi connectivity index (χ0n) is 25.5. The number of benzene rings is 4. The fourth-order valence-electron chi connectivity index (χ4n) is 4.98. The Labute approximate surface area is 265 Å². The third-order valence-corrected chi connectivity index (χ3v) is 7.60. The van der Waals surface area contributed by atoms with Gasteiger partial charge in [0.1, 0.15) is 12.4 Å². The number of unbranched alkanes of at least 4 members (excludes halogenated alkanes) is 1. The minimum Gasteiger partial charge on any atom is -0.489 e. The second-order valence-corrected chi connectivity index (χ2v) is 11.0. The molecule has 0 atom stereocenters. The topological polar surface area (TPSA) is 65.1 Å². The minimum absolute atomic E-state index is 0.150. The van der Waals surface area contributed by atoms with E-state index in [9.17, 15) is 9.59 Å². The number of para-hydroxylation sites is 1. The predicted molar refractivity (Wildman–Crippen MR) is 175 cm³/mol. The van der Waals surface area contributed by atoms with Crippen molar-refractivity contribution in [1.29, 1.82) is 0 Å². The molecule has 6 nitrogen and oxygen atoms in total. The third kappa shape index (κ3) is 10.2. The quantitative estimate of drug-likeness (QED) is 0.0938. The van der Waals surface area contributed by atoms with Crippen molar-refractivity contribution in [3.63, 3.8) is 0 Å². The number of nitrogens with zero attached hydrogens (tertiary/aromatic N) is 1. The number of carbonyl (C=O) groups excluding carboxylic acids is 2. The van der Waals surface area contributed by atoms with Gasteiger partial charge in [-0.1, -0.05) is 78.3 Å². The van der Waals surface area contributed by atoms with E-state index in [-0.39, 0.29) is 11.9 Å². The van der Waals surface area contributed by atoms with Gasteiger partial charge >= 0.3 is 11.9 Å². The minimum atomic E-state index is -0.346. The Hall–Kier alpha value is -4.13. The molecule has 0 aliphatic rings. The van der Waals surface area contributed by atoms with Crippen LogP contribution in [0.4, 0.5) is 0 Å². The molecule has 0 spiro atoms. The zero-order valence-corrected chi connectivity index (χ0v) is 26.2. The van der Waals surface area contributed by atoms with Crippen molar-refractivity contribution in [3.05, 3.63) is 124 Å².